The molecule has 2 saturated heterocycles. The summed E-state index contributed by atoms with van der Waals surface area (Å²) in [7, 11) is 0. The summed E-state index contributed by atoms with van der Waals surface area (Å²) in [5.74, 6) is -2.31. The molecule has 3 aromatic carbocycles. The third-order valence-corrected chi connectivity index (χ3v) is 7.77. The summed E-state index contributed by atoms with van der Waals surface area (Å²) in [6, 6.07) is 24.4. The van der Waals surface area contributed by atoms with Crippen molar-refractivity contribution < 1.29 is 14.4 Å². The Hall–Kier alpha value is -3.48. The number of anilines is 1. The second kappa shape index (κ2) is 8.33. The molecule has 0 aromatic heterocycles. The van der Waals surface area contributed by atoms with Crippen LogP contribution in [0.3, 0.4) is 0 Å². The summed E-state index contributed by atoms with van der Waals surface area (Å²) in [6.07, 6.45) is 1.09. The lowest BCUT2D eigenvalue weighted by molar-refractivity contribution is -0.142. The van der Waals surface area contributed by atoms with Crippen LogP contribution in [-0.4, -0.2) is 35.2 Å². The Bertz CT molecular complexity index is 1330. The number of hydrogen-bond donors (Lipinski definition) is 2. The lowest BCUT2D eigenvalue weighted by Crippen LogP contribution is -2.53. The van der Waals surface area contributed by atoms with Crippen LogP contribution in [0.1, 0.15) is 16.7 Å². The quantitative estimate of drug-likeness (QED) is 0.542. The van der Waals surface area contributed by atoms with Crippen molar-refractivity contribution in [3.05, 3.63) is 101 Å². The van der Waals surface area contributed by atoms with Gasteiger partial charge in [0.25, 0.3) is 0 Å². The highest BCUT2D eigenvalue weighted by Gasteiger charge is 2.70. The van der Waals surface area contributed by atoms with E-state index in [4.69, 9.17) is 11.6 Å². The fraction of sp³-hybridized carbons (Fsp3) is 0.250. The molecule has 3 aliphatic heterocycles. The van der Waals surface area contributed by atoms with Gasteiger partial charge < -0.3 is 5.32 Å². The molecule has 7 heteroatoms. The fourth-order valence-corrected chi connectivity index (χ4v) is 6.15. The molecule has 2 N–H and O–H groups in total. The van der Waals surface area contributed by atoms with Crippen molar-refractivity contribution >= 4 is 35.0 Å². The number of amides is 3. The van der Waals surface area contributed by atoms with Crippen LogP contribution in [0.15, 0.2) is 78.9 Å². The molecule has 3 aliphatic rings. The van der Waals surface area contributed by atoms with Crippen molar-refractivity contribution in [1.29, 1.82) is 0 Å². The number of imide groups is 1. The summed E-state index contributed by atoms with van der Waals surface area (Å²) in [4.78, 5) is 42.5. The molecule has 2 fully saturated rings. The molecular formula is C28H24ClN3O3. The topological polar surface area (TPSA) is 78.5 Å². The number of rotatable bonds is 5. The van der Waals surface area contributed by atoms with Crippen molar-refractivity contribution in [1.82, 2.24) is 10.2 Å². The molecule has 0 unspecified atom stereocenters. The third kappa shape index (κ3) is 3.39. The zero-order chi connectivity index (χ0) is 24.2. The lowest BCUT2D eigenvalue weighted by Gasteiger charge is -2.29. The van der Waals surface area contributed by atoms with Crippen molar-refractivity contribution in [2.45, 2.75) is 24.4 Å². The number of hydrogen-bond acceptors (Lipinski definition) is 4. The predicted molar refractivity (Wildman–Crippen MR) is 133 cm³/mol. The first-order chi connectivity index (χ1) is 17.0. The lowest BCUT2D eigenvalue weighted by atomic mass is 9.76. The second-order valence-electron chi connectivity index (χ2n) is 9.46. The zero-order valence-corrected chi connectivity index (χ0v) is 19.7. The minimum absolute atomic E-state index is 0.218. The Morgan fingerprint density at radius 2 is 1.54 bits per heavy atom. The predicted octanol–water partition coefficient (Wildman–Crippen LogP) is 3.55. The number of nitrogens with one attached hydrogen (secondary N) is 2. The summed E-state index contributed by atoms with van der Waals surface area (Å²) in [5.41, 5.74) is 2.00. The minimum Gasteiger partial charge on any atom is -0.324 e. The maximum atomic E-state index is 13.9. The van der Waals surface area contributed by atoms with E-state index < -0.39 is 17.4 Å². The first kappa shape index (κ1) is 22.0. The number of likely N-dealkylation sites (tertiary alicyclic amines) is 1. The van der Waals surface area contributed by atoms with Gasteiger partial charge in [-0.1, -0.05) is 72.3 Å². The molecule has 0 saturated carbocycles. The van der Waals surface area contributed by atoms with Crippen LogP contribution in [0, 0.1) is 11.8 Å². The molecule has 6 rings (SSSR count). The van der Waals surface area contributed by atoms with Crippen LogP contribution in [0.5, 0.6) is 0 Å². The standard InChI is InChI=1S/C28H24ClN3O3/c29-19-11-12-21-20(16-19)28(27(35)30-21)24-23(22(31-28)15-18-9-5-2-6-10-18)25(33)32(26(24)34)14-13-17-7-3-1-4-8-17/h1-12,16,22-24,31H,13-15H2,(H,30,35)/t22-,23-,24+,28-/m1/s1. The van der Waals surface area contributed by atoms with E-state index in [9.17, 15) is 14.4 Å². The van der Waals surface area contributed by atoms with E-state index in [0.717, 1.165) is 11.1 Å². The van der Waals surface area contributed by atoms with Crippen molar-refractivity contribution in [3.8, 4) is 0 Å². The molecule has 6 nitrogen and oxygen atoms in total. The molecule has 176 valence electrons. The zero-order valence-electron chi connectivity index (χ0n) is 18.9. The summed E-state index contributed by atoms with van der Waals surface area (Å²) >= 11 is 6.32. The Morgan fingerprint density at radius 1 is 0.857 bits per heavy atom. The Balaban J connectivity index is 1.41. The number of carbonyl (C=O) groups is 3. The van der Waals surface area contributed by atoms with Gasteiger partial charge in [0.1, 0.15) is 5.54 Å². The Kier molecular flexibility index (Phi) is 5.24. The molecule has 3 aromatic rings. The molecule has 0 radical (unpaired) electrons. The van der Waals surface area contributed by atoms with Gasteiger partial charge in [0.15, 0.2) is 0 Å². The van der Waals surface area contributed by atoms with E-state index in [2.05, 4.69) is 10.6 Å². The van der Waals surface area contributed by atoms with E-state index in [1.54, 1.807) is 18.2 Å². The third-order valence-electron chi connectivity index (χ3n) is 7.53. The van der Waals surface area contributed by atoms with Gasteiger partial charge >= 0.3 is 0 Å². The molecule has 4 atom stereocenters. The van der Waals surface area contributed by atoms with E-state index in [1.807, 2.05) is 60.7 Å². The fourth-order valence-electron chi connectivity index (χ4n) is 5.98. The normalized spacial score (nSPS) is 26.8. The van der Waals surface area contributed by atoms with Gasteiger partial charge in [0, 0.05) is 28.9 Å². The average Bonchev–Trinajstić information content (AvgIpc) is 3.44. The van der Waals surface area contributed by atoms with E-state index in [-0.39, 0.29) is 30.3 Å². The highest BCUT2D eigenvalue weighted by Crippen LogP contribution is 2.53. The SMILES string of the molecule is O=C1[C@H]2[C@@H](C(=O)N1CCc1ccccc1)[C@@]1(N[C@@H]2Cc2ccccc2)C(=O)Nc2ccc(Cl)cc21. The number of nitrogens with zero attached hydrogens (tertiary/aromatic N) is 1. The largest absolute Gasteiger partial charge is 0.324 e. The first-order valence-corrected chi connectivity index (χ1v) is 12.2. The van der Waals surface area contributed by atoms with E-state index in [0.29, 0.717) is 29.1 Å². The number of halogens is 1. The molecular weight excluding hydrogens is 462 g/mol. The summed E-state index contributed by atoms with van der Waals surface area (Å²) < 4.78 is 0. The van der Waals surface area contributed by atoms with Gasteiger partial charge in [-0.05, 0) is 42.2 Å². The average molecular weight is 486 g/mol. The van der Waals surface area contributed by atoms with E-state index in [1.165, 1.54) is 4.90 Å². The highest BCUT2D eigenvalue weighted by molar-refractivity contribution is 6.31. The van der Waals surface area contributed by atoms with Gasteiger partial charge in [0.2, 0.25) is 17.7 Å². The number of fused-ring (bicyclic) bond motifs is 4. The van der Waals surface area contributed by atoms with Crippen LogP contribution in [0.4, 0.5) is 5.69 Å². The molecule has 3 heterocycles. The first-order valence-electron chi connectivity index (χ1n) is 11.8. The molecule has 35 heavy (non-hydrogen) atoms. The minimum atomic E-state index is -1.33. The number of carbonyl (C=O) groups excluding carboxylic acids is 3. The highest BCUT2D eigenvalue weighted by atomic mass is 35.5. The summed E-state index contributed by atoms with van der Waals surface area (Å²) in [6.45, 7) is 0.285. The molecule has 3 amide bonds. The molecule has 1 spiro atoms. The van der Waals surface area contributed by atoms with Crippen LogP contribution < -0.4 is 10.6 Å². The van der Waals surface area contributed by atoms with Crippen LogP contribution in [-0.2, 0) is 32.8 Å². The molecule has 0 bridgehead atoms. The Morgan fingerprint density at radius 3 is 2.26 bits per heavy atom. The monoisotopic (exact) mass is 485 g/mol. The number of benzene rings is 3. The van der Waals surface area contributed by atoms with Crippen LogP contribution in [0.2, 0.25) is 5.02 Å². The van der Waals surface area contributed by atoms with Gasteiger partial charge in [-0.25, -0.2) is 0 Å². The van der Waals surface area contributed by atoms with Gasteiger partial charge in [-0.3, -0.25) is 24.6 Å². The van der Waals surface area contributed by atoms with Gasteiger partial charge in [0.05, 0.1) is 11.8 Å². The maximum absolute atomic E-state index is 13.9. The van der Waals surface area contributed by atoms with E-state index >= 15 is 0 Å². The van der Waals surface area contributed by atoms with Crippen molar-refractivity contribution in [3.63, 3.8) is 0 Å². The van der Waals surface area contributed by atoms with Crippen LogP contribution >= 0.6 is 11.6 Å². The van der Waals surface area contributed by atoms with Gasteiger partial charge in [-0.2, -0.15) is 0 Å². The maximum Gasteiger partial charge on any atom is 0.250 e. The Labute approximate surface area is 208 Å². The second-order valence-corrected chi connectivity index (χ2v) is 9.90. The van der Waals surface area contributed by atoms with Crippen molar-refractivity contribution in [2.24, 2.45) is 11.8 Å². The van der Waals surface area contributed by atoms with Crippen LogP contribution in [0.25, 0.3) is 0 Å². The summed E-state index contributed by atoms with van der Waals surface area (Å²) in [5, 5.41) is 6.86. The smallest absolute Gasteiger partial charge is 0.250 e. The molecule has 0 aliphatic carbocycles. The van der Waals surface area contributed by atoms with Gasteiger partial charge in [-0.15, -0.1) is 0 Å². The van der Waals surface area contributed by atoms with Crippen molar-refractivity contribution in [2.75, 3.05) is 11.9 Å².